The molecule has 2 heterocycles. The molecule has 4 rings (SSSR count). The Morgan fingerprint density at radius 2 is 2.13 bits per heavy atom. The first-order valence-corrected chi connectivity index (χ1v) is 8.79. The molecule has 2 aliphatic rings. The van der Waals surface area contributed by atoms with Crippen LogP contribution in [0.5, 0.6) is 0 Å². The van der Waals surface area contributed by atoms with Crippen molar-refractivity contribution in [3.05, 3.63) is 35.3 Å². The van der Waals surface area contributed by atoms with Gasteiger partial charge in [-0.15, -0.1) is 0 Å². The number of carbonyl (C=O) groups is 1. The minimum absolute atomic E-state index is 0.0101. The third-order valence-electron chi connectivity index (χ3n) is 5.95. The first-order valence-electron chi connectivity index (χ1n) is 8.79. The Hall–Kier alpha value is -1.84. The zero-order chi connectivity index (χ0) is 16.1. The Morgan fingerprint density at radius 3 is 2.83 bits per heavy atom. The summed E-state index contributed by atoms with van der Waals surface area (Å²) in [6, 6.07) is 4.24. The Balaban J connectivity index is 1.57. The van der Waals surface area contributed by atoms with Gasteiger partial charge in [0.1, 0.15) is 11.3 Å². The number of carbonyl (C=O) groups excluding carboxylic acids is 1. The highest BCUT2D eigenvalue weighted by molar-refractivity contribution is 5.94. The molecule has 4 nitrogen and oxygen atoms in total. The quantitative estimate of drug-likeness (QED) is 0.943. The van der Waals surface area contributed by atoms with E-state index in [0.717, 1.165) is 28.7 Å². The lowest BCUT2D eigenvalue weighted by atomic mass is 9.84. The van der Waals surface area contributed by atoms with Crippen LogP contribution in [0.2, 0.25) is 0 Å². The molecule has 0 spiro atoms. The van der Waals surface area contributed by atoms with Crippen molar-refractivity contribution in [1.82, 2.24) is 14.7 Å². The zero-order valence-corrected chi connectivity index (χ0v) is 14.2. The molecule has 0 saturated heterocycles. The Bertz CT molecular complexity index is 763. The molecule has 2 aliphatic carbocycles. The fourth-order valence-corrected chi connectivity index (χ4v) is 4.83. The van der Waals surface area contributed by atoms with Crippen molar-refractivity contribution in [1.29, 1.82) is 0 Å². The molecule has 2 aromatic heterocycles. The molecule has 2 saturated carbocycles. The smallest absolute Gasteiger partial charge is 0.270 e. The van der Waals surface area contributed by atoms with Gasteiger partial charge in [0.2, 0.25) is 0 Å². The predicted molar refractivity (Wildman–Crippen MR) is 90.5 cm³/mol. The lowest BCUT2D eigenvalue weighted by Crippen LogP contribution is -2.40. The zero-order valence-electron chi connectivity index (χ0n) is 14.2. The van der Waals surface area contributed by atoms with Crippen LogP contribution in [0.4, 0.5) is 0 Å². The topological polar surface area (TPSA) is 46.4 Å². The van der Waals surface area contributed by atoms with Crippen molar-refractivity contribution in [3.8, 4) is 0 Å². The minimum atomic E-state index is 0.0101. The van der Waals surface area contributed by atoms with Gasteiger partial charge >= 0.3 is 0 Å². The van der Waals surface area contributed by atoms with Gasteiger partial charge in [0.15, 0.2) is 0 Å². The summed E-state index contributed by atoms with van der Waals surface area (Å²) in [5.74, 6) is 2.39. The van der Waals surface area contributed by atoms with E-state index >= 15 is 0 Å². The van der Waals surface area contributed by atoms with E-state index in [1.807, 2.05) is 36.6 Å². The third-order valence-corrected chi connectivity index (χ3v) is 5.95. The van der Waals surface area contributed by atoms with E-state index < -0.39 is 0 Å². The van der Waals surface area contributed by atoms with Gasteiger partial charge < -0.3 is 5.32 Å². The Morgan fingerprint density at radius 1 is 1.30 bits per heavy atom. The first-order chi connectivity index (χ1) is 11.0. The van der Waals surface area contributed by atoms with Crippen LogP contribution in [0.15, 0.2) is 18.3 Å². The highest BCUT2D eigenvalue weighted by atomic mass is 16.2. The third kappa shape index (κ3) is 2.44. The molecule has 2 bridgehead atoms. The molecule has 0 aliphatic heterocycles. The summed E-state index contributed by atoms with van der Waals surface area (Å²) < 4.78 is 1.92. The van der Waals surface area contributed by atoms with Crippen LogP contribution in [-0.2, 0) is 0 Å². The number of aromatic nitrogens is 2. The van der Waals surface area contributed by atoms with Crippen LogP contribution < -0.4 is 5.32 Å². The fourth-order valence-electron chi connectivity index (χ4n) is 4.83. The Labute approximate surface area is 137 Å². The van der Waals surface area contributed by atoms with Gasteiger partial charge in [-0.25, -0.2) is 4.98 Å². The second kappa shape index (κ2) is 5.36. The van der Waals surface area contributed by atoms with Crippen molar-refractivity contribution in [2.24, 2.45) is 17.8 Å². The largest absolute Gasteiger partial charge is 0.348 e. The van der Waals surface area contributed by atoms with Crippen LogP contribution in [0.3, 0.4) is 0 Å². The second-order valence-electron chi connectivity index (χ2n) is 7.58. The fraction of sp³-hybridized carbons (Fsp3) is 0.579. The van der Waals surface area contributed by atoms with E-state index in [-0.39, 0.29) is 11.9 Å². The second-order valence-corrected chi connectivity index (χ2v) is 7.58. The summed E-state index contributed by atoms with van der Waals surface area (Å²) >= 11 is 0. The molecule has 2 aromatic rings. The molecule has 4 heteroatoms. The number of amides is 1. The van der Waals surface area contributed by atoms with Crippen molar-refractivity contribution >= 4 is 11.6 Å². The molecular formula is C19H25N3O. The summed E-state index contributed by atoms with van der Waals surface area (Å²) in [6.07, 6.45) is 7.40. The molecule has 1 amide bonds. The average Bonchev–Trinajstić information content (AvgIpc) is 3.19. The van der Waals surface area contributed by atoms with Gasteiger partial charge in [0.05, 0.1) is 5.69 Å². The average molecular weight is 311 g/mol. The summed E-state index contributed by atoms with van der Waals surface area (Å²) in [4.78, 5) is 17.4. The van der Waals surface area contributed by atoms with E-state index in [2.05, 4.69) is 17.2 Å². The maximum absolute atomic E-state index is 12.9. The number of nitrogens with one attached hydrogen (secondary N) is 1. The molecule has 23 heavy (non-hydrogen) atoms. The van der Waals surface area contributed by atoms with Crippen LogP contribution >= 0.6 is 0 Å². The van der Waals surface area contributed by atoms with Crippen molar-refractivity contribution < 1.29 is 4.79 Å². The number of nitrogens with zero attached hydrogens (tertiary/aromatic N) is 2. The number of imidazole rings is 1. The summed E-state index contributed by atoms with van der Waals surface area (Å²) in [6.45, 7) is 6.13. The van der Waals surface area contributed by atoms with Gasteiger partial charge in [0.25, 0.3) is 5.91 Å². The van der Waals surface area contributed by atoms with E-state index in [1.54, 1.807) is 0 Å². The van der Waals surface area contributed by atoms with Gasteiger partial charge in [-0.1, -0.05) is 12.5 Å². The summed E-state index contributed by atoms with van der Waals surface area (Å²) in [5, 5.41) is 3.26. The van der Waals surface area contributed by atoms with E-state index in [9.17, 15) is 4.79 Å². The normalized spacial score (nSPS) is 27.5. The monoisotopic (exact) mass is 311 g/mol. The van der Waals surface area contributed by atoms with Crippen LogP contribution in [0, 0.1) is 31.6 Å². The molecule has 4 atom stereocenters. The van der Waals surface area contributed by atoms with Crippen molar-refractivity contribution in [3.63, 3.8) is 0 Å². The standard InChI is InChI=1S/C19H25N3O/c1-11-4-7-17-20-13(3)18(22(17)10-11)19(23)21-12(2)16-9-14-5-6-15(16)8-14/h4,7,10,12,14-16H,5-6,8-9H2,1-3H3,(H,21,23). The lowest BCUT2D eigenvalue weighted by Gasteiger charge is -2.28. The molecule has 122 valence electrons. The first kappa shape index (κ1) is 14.7. The van der Waals surface area contributed by atoms with Gasteiger partial charge in [-0.05, 0) is 69.4 Å². The number of rotatable bonds is 3. The summed E-state index contributed by atoms with van der Waals surface area (Å²) in [5.41, 5.74) is 3.45. The number of fused-ring (bicyclic) bond motifs is 3. The van der Waals surface area contributed by atoms with Gasteiger partial charge in [-0.2, -0.15) is 0 Å². The number of pyridine rings is 1. The van der Waals surface area contributed by atoms with Crippen LogP contribution in [-0.4, -0.2) is 21.3 Å². The predicted octanol–water partition coefficient (Wildman–Crippen LogP) is 3.51. The highest BCUT2D eigenvalue weighted by Gasteiger charge is 2.42. The van der Waals surface area contributed by atoms with Crippen LogP contribution in [0.25, 0.3) is 5.65 Å². The number of hydrogen-bond donors (Lipinski definition) is 1. The van der Waals surface area contributed by atoms with Gasteiger partial charge in [-0.3, -0.25) is 9.20 Å². The molecular weight excluding hydrogens is 286 g/mol. The maximum atomic E-state index is 12.9. The molecule has 2 fully saturated rings. The maximum Gasteiger partial charge on any atom is 0.270 e. The molecule has 0 radical (unpaired) electrons. The van der Waals surface area contributed by atoms with Crippen molar-refractivity contribution in [2.45, 2.75) is 52.5 Å². The molecule has 1 N–H and O–H groups in total. The lowest BCUT2D eigenvalue weighted by molar-refractivity contribution is 0.0908. The van der Waals surface area contributed by atoms with Crippen LogP contribution in [0.1, 0.15) is 54.4 Å². The van der Waals surface area contributed by atoms with E-state index in [1.165, 1.54) is 25.7 Å². The van der Waals surface area contributed by atoms with Gasteiger partial charge in [0, 0.05) is 12.2 Å². The minimum Gasteiger partial charge on any atom is -0.348 e. The molecule has 4 unspecified atom stereocenters. The van der Waals surface area contributed by atoms with E-state index in [4.69, 9.17) is 0 Å². The SMILES string of the molecule is Cc1ccc2nc(C)c(C(=O)NC(C)C3CC4CCC3C4)n2c1. The number of hydrogen-bond acceptors (Lipinski definition) is 2. The molecule has 0 aromatic carbocycles. The summed E-state index contributed by atoms with van der Waals surface area (Å²) in [7, 11) is 0. The highest BCUT2D eigenvalue weighted by Crippen LogP contribution is 2.49. The van der Waals surface area contributed by atoms with Crippen molar-refractivity contribution in [2.75, 3.05) is 0 Å². The Kier molecular flexibility index (Phi) is 3.43. The van der Waals surface area contributed by atoms with E-state index in [0.29, 0.717) is 11.6 Å². The number of aryl methyl sites for hydroxylation is 2.